The first-order valence-electron chi connectivity index (χ1n) is 25.5. The Morgan fingerprint density at radius 3 is 0.838 bits per heavy atom. The van der Waals surface area contributed by atoms with E-state index in [0.717, 1.165) is 71.7 Å². The van der Waals surface area contributed by atoms with Crippen LogP contribution in [0.1, 0.15) is 184 Å². The van der Waals surface area contributed by atoms with E-state index in [0.29, 0.717) is 96.6 Å². The van der Waals surface area contributed by atoms with Crippen molar-refractivity contribution < 1.29 is 66.7 Å². The molecule has 0 heterocycles. The Kier molecular flexibility index (Phi) is 107. The summed E-state index contributed by atoms with van der Waals surface area (Å²) >= 11 is 0. The van der Waals surface area contributed by atoms with E-state index in [1.807, 2.05) is 69.2 Å². The molecule has 0 unspecified atom stereocenters. The fourth-order valence-corrected chi connectivity index (χ4v) is 3.62. The fourth-order valence-electron chi connectivity index (χ4n) is 3.62. The van der Waals surface area contributed by atoms with Crippen LogP contribution < -0.4 is 0 Å². The molecule has 0 aromatic heterocycles. The van der Waals surface area contributed by atoms with E-state index in [2.05, 4.69) is 48.5 Å². The number of hydrogen-bond acceptors (Lipinski definition) is 14. The molecule has 0 atom stereocenters. The normalized spacial score (nSPS) is 10.4. The van der Waals surface area contributed by atoms with Crippen molar-refractivity contribution in [3.63, 3.8) is 0 Å². The standard InChI is InChI=1S/C10H22O4.C10H22O3.C9H20O2.C7H16O.C6H14O2.C6H14O.C4H10O.2CH4/c1-10(2)14-9-8-13-7-6-12-5-4-11-3;1-10(2)13-9-8-12-7-5-3-4-6-11;1-4-5-6-10-7-8-11-9(2)3;1-4-5-6-8-7(2)3;1-6(2)8-5-4-7-3;1-4-5-7-6(2)3;1-4(2)5-3;;/h10H,4-9H2,1-3H3;10-11H,3-9H2,1-2H3;9H,4-8H2,1-3H3;7H,4-6H2,1-3H3;6H,4-5H2,1-3H3;6H,4-5H2,1-3H3;4H,1-3H3;2*1H4. The quantitative estimate of drug-likeness (QED) is 0.0587. The summed E-state index contributed by atoms with van der Waals surface area (Å²) in [5, 5.41) is 8.51. The van der Waals surface area contributed by atoms with E-state index in [4.69, 9.17) is 66.7 Å². The number of rotatable bonds is 38. The molecule has 0 aromatic carbocycles. The Morgan fingerprint density at radius 2 is 0.544 bits per heavy atom. The topological polar surface area (TPSA) is 140 Å². The molecule has 0 fully saturated rings. The number of aliphatic hydroxyl groups excluding tert-OH is 1. The largest absolute Gasteiger partial charge is 0.396 e. The van der Waals surface area contributed by atoms with E-state index < -0.39 is 0 Å². The van der Waals surface area contributed by atoms with Gasteiger partial charge in [-0.1, -0.05) is 48.5 Å². The highest BCUT2D eigenvalue weighted by atomic mass is 16.6. The van der Waals surface area contributed by atoms with E-state index in [1.54, 1.807) is 21.3 Å². The predicted octanol–water partition coefficient (Wildman–Crippen LogP) is 12.3. The van der Waals surface area contributed by atoms with E-state index in [1.165, 1.54) is 19.3 Å². The van der Waals surface area contributed by atoms with Gasteiger partial charge < -0.3 is 66.7 Å². The third kappa shape index (κ3) is 138. The summed E-state index contributed by atoms with van der Waals surface area (Å²) in [7, 11) is 5.03. The number of hydrogen-bond donors (Lipinski definition) is 1. The fraction of sp³-hybridized carbons (Fsp3) is 1.00. The average Bonchev–Trinajstić information content (AvgIpc) is 3.25. The summed E-state index contributed by atoms with van der Waals surface area (Å²) in [5.41, 5.74) is 0. The summed E-state index contributed by atoms with van der Waals surface area (Å²) in [6, 6.07) is 0. The minimum atomic E-state index is 0. The minimum Gasteiger partial charge on any atom is -0.396 e. The van der Waals surface area contributed by atoms with Crippen LogP contribution in [0.4, 0.5) is 0 Å². The number of methoxy groups -OCH3 is 3. The van der Waals surface area contributed by atoms with Crippen LogP contribution in [0, 0.1) is 0 Å². The lowest BCUT2D eigenvalue weighted by atomic mass is 10.2. The van der Waals surface area contributed by atoms with Crippen molar-refractivity contribution in [3.05, 3.63) is 0 Å². The van der Waals surface area contributed by atoms with Crippen molar-refractivity contribution in [1.29, 1.82) is 0 Å². The molecular weight excluding hydrogens is 873 g/mol. The maximum Gasteiger partial charge on any atom is 0.0703 e. The zero-order chi connectivity index (χ0) is 51.9. The smallest absolute Gasteiger partial charge is 0.0703 e. The first-order valence-corrected chi connectivity index (χ1v) is 25.5. The van der Waals surface area contributed by atoms with Crippen molar-refractivity contribution in [3.8, 4) is 0 Å². The van der Waals surface area contributed by atoms with E-state index in [-0.39, 0.29) is 33.7 Å². The first-order chi connectivity index (χ1) is 31.4. The van der Waals surface area contributed by atoms with Crippen LogP contribution in [0.25, 0.3) is 0 Å². The second kappa shape index (κ2) is 83.3. The highest BCUT2D eigenvalue weighted by molar-refractivity contribution is 4.42. The minimum absolute atomic E-state index is 0. The van der Waals surface area contributed by atoms with Gasteiger partial charge in [-0.2, -0.15) is 0 Å². The Balaban J connectivity index is -0.0000000868. The lowest BCUT2D eigenvalue weighted by molar-refractivity contribution is -0.00820. The van der Waals surface area contributed by atoms with Crippen LogP contribution >= 0.6 is 0 Å². The molecule has 14 heteroatoms. The van der Waals surface area contributed by atoms with Gasteiger partial charge in [-0.05, 0) is 135 Å². The molecule has 0 aliphatic carbocycles. The molecule has 426 valence electrons. The molecule has 0 radical (unpaired) electrons. The molecule has 0 spiro atoms. The first kappa shape index (κ1) is 87.2. The zero-order valence-corrected chi connectivity index (χ0v) is 47.5. The summed E-state index contributed by atoms with van der Waals surface area (Å²) in [6.45, 7) is 46.6. The Bertz CT molecular complexity index is 716. The van der Waals surface area contributed by atoms with Gasteiger partial charge in [0.25, 0.3) is 0 Å². The lowest BCUT2D eigenvalue weighted by Crippen LogP contribution is -2.13. The number of unbranched alkanes of at least 4 members (excludes halogenated alkanes) is 4. The summed E-state index contributed by atoms with van der Waals surface area (Å²) in [6.07, 6.45) is 11.3. The lowest BCUT2D eigenvalue weighted by Gasteiger charge is -2.08. The van der Waals surface area contributed by atoms with Crippen molar-refractivity contribution in [2.45, 2.75) is 227 Å². The van der Waals surface area contributed by atoms with Gasteiger partial charge in [0.15, 0.2) is 0 Å². The molecule has 0 bridgehead atoms. The van der Waals surface area contributed by atoms with Crippen LogP contribution in [0.15, 0.2) is 0 Å². The van der Waals surface area contributed by atoms with E-state index >= 15 is 0 Å². The maximum atomic E-state index is 8.51. The van der Waals surface area contributed by atoms with Gasteiger partial charge in [0.2, 0.25) is 0 Å². The van der Waals surface area contributed by atoms with Crippen LogP contribution in [0.2, 0.25) is 0 Å². The molecule has 0 saturated heterocycles. The second-order valence-corrected chi connectivity index (χ2v) is 16.7. The van der Waals surface area contributed by atoms with Gasteiger partial charge in [0, 0.05) is 54.4 Å². The zero-order valence-electron chi connectivity index (χ0n) is 47.5. The van der Waals surface area contributed by atoms with Gasteiger partial charge >= 0.3 is 0 Å². The van der Waals surface area contributed by atoms with Crippen LogP contribution in [0.5, 0.6) is 0 Å². The molecule has 1 N–H and O–H groups in total. The molecule has 0 saturated carbocycles. The average molecular weight is 1000 g/mol. The highest BCUT2D eigenvalue weighted by Gasteiger charge is 1.96. The van der Waals surface area contributed by atoms with Gasteiger partial charge in [0.1, 0.15) is 0 Å². The SMILES string of the molecule is C.C.CC(C)OCCOCCCCCO.CCCCOC(C)C.CCCCOCCOC(C)C.CCCOC(C)C.COC(C)C.COCCOC(C)C.COCCOCCOCCOC(C)C. The second-order valence-electron chi connectivity index (χ2n) is 16.7. The molecule has 68 heavy (non-hydrogen) atoms. The van der Waals surface area contributed by atoms with Crippen molar-refractivity contribution >= 4 is 0 Å². The Morgan fingerprint density at radius 1 is 0.279 bits per heavy atom. The van der Waals surface area contributed by atoms with Crippen LogP contribution in [0.3, 0.4) is 0 Å². The molecule has 14 nitrogen and oxygen atoms in total. The van der Waals surface area contributed by atoms with Gasteiger partial charge in [0.05, 0.1) is 122 Å². The molecule has 0 amide bonds. The molecular formula is C54H126O14. The number of ether oxygens (including phenoxy) is 13. The third-order valence-corrected chi connectivity index (χ3v) is 7.24. The van der Waals surface area contributed by atoms with Gasteiger partial charge in [-0.15, -0.1) is 0 Å². The van der Waals surface area contributed by atoms with E-state index in [9.17, 15) is 0 Å². The predicted molar refractivity (Wildman–Crippen MR) is 290 cm³/mol. The van der Waals surface area contributed by atoms with Gasteiger partial charge in [-0.3, -0.25) is 0 Å². The highest BCUT2D eigenvalue weighted by Crippen LogP contribution is 1.96. The van der Waals surface area contributed by atoms with Crippen LogP contribution in [-0.4, -0.2) is 181 Å². The van der Waals surface area contributed by atoms with Crippen molar-refractivity contribution in [2.24, 2.45) is 0 Å². The molecule has 0 aliphatic heterocycles. The van der Waals surface area contributed by atoms with Crippen molar-refractivity contribution in [2.75, 3.05) is 134 Å². The number of aliphatic hydroxyl groups is 1. The third-order valence-electron chi connectivity index (χ3n) is 7.24. The molecule has 0 aromatic rings. The summed E-state index contributed by atoms with van der Waals surface area (Å²) in [5.74, 6) is 0. The van der Waals surface area contributed by atoms with Crippen molar-refractivity contribution in [1.82, 2.24) is 0 Å². The summed E-state index contributed by atoms with van der Waals surface area (Å²) in [4.78, 5) is 0. The van der Waals surface area contributed by atoms with Gasteiger partial charge in [-0.25, -0.2) is 0 Å². The summed E-state index contributed by atoms with van der Waals surface area (Å²) < 4.78 is 67.0. The van der Waals surface area contributed by atoms with Crippen LogP contribution in [-0.2, 0) is 61.6 Å². The Labute approximate surface area is 425 Å². The monoisotopic (exact) mass is 999 g/mol. The maximum absolute atomic E-state index is 8.51. The molecule has 0 aliphatic rings. The Hall–Kier alpha value is -0.560. The molecule has 0 rings (SSSR count).